The molecule has 0 saturated carbocycles. The quantitative estimate of drug-likeness (QED) is 0.662. The minimum absolute atomic E-state index is 0.225. The lowest BCUT2D eigenvalue weighted by atomic mass is 10.1. The van der Waals surface area contributed by atoms with Gasteiger partial charge in [-0.2, -0.15) is 5.26 Å². The number of anilines is 1. The van der Waals surface area contributed by atoms with Crippen LogP contribution in [-0.4, -0.2) is 5.91 Å². The van der Waals surface area contributed by atoms with Crippen molar-refractivity contribution in [3.05, 3.63) is 89.0 Å². The molecule has 0 heterocycles. The molecule has 0 spiro atoms. The van der Waals surface area contributed by atoms with Crippen LogP contribution in [-0.2, 0) is 0 Å². The summed E-state index contributed by atoms with van der Waals surface area (Å²) in [5.41, 5.74) is 4.17. The molecule has 3 rings (SSSR count). The Morgan fingerprint density at radius 2 is 1.77 bits per heavy atom. The number of carbonyl (C=O) groups is 1. The monoisotopic (exact) mass is 358 g/mol. The molecule has 0 bridgehead atoms. The maximum Gasteiger partial charge on any atom is 0.255 e. The number of hydrogen-bond acceptors (Lipinski definition) is 3. The summed E-state index contributed by atoms with van der Waals surface area (Å²) in [5, 5.41) is 11.8. The van der Waals surface area contributed by atoms with Crippen molar-refractivity contribution < 1.29 is 4.79 Å². The average Bonchev–Trinajstić information content (AvgIpc) is 2.65. The maximum atomic E-state index is 12.3. The number of rotatable bonds is 4. The first kappa shape index (κ1) is 17.8. The van der Waals surface area contributed by atoms with E-state index in [1.807, 2.05) is 30.3 Å². The highest BCUT2D eigenvalue weighted by Gasteiger charge is 2.07. The number of hydrogen-bond donors (Lipinski definition) is 1. The first-order valence-corrected chi connectivity index (χ1v) is 9.03. The van der Waals surface area contributed by atoms with Gasteiger partial charge in [0, 0.05) is 21.0 Å². The van der Waals surface area contributed by atoms with Crippen molar-refractivity contribution in [2.24, 2.45) is 0 Å². The van der Waals surface area contributed by atoms with Gasteiger partial charge in [0.05, 0.1) is 11.6 Å². The highest BCUT2D eigenvalue weighted by atomic mass is 32.2. The Hall–Kier alpha value is -3.03. The zero-order chi connectivity index (χ0) is 18.5. The Kier molecular flexibility index (Phi) is 5.40. The summed E-state index contributed by atoms with van der Waals surface area (Å²) < 4.78 is 0. The fourth-order valence-corrected chi connectivity index (χ4v) is 3.46. The number of nitrogens with one attached hydrogen (secondary N) is 1. The second-order valence-electron chi connectivity index (χ2n) is 6.04. The van der Waals surface area contributed by atoms with Crippen molar-refractivity contribution in [3.8, 4) is 6.07 Å². The number of aryl methyl sites for hydroxylation is 2. The predicted molar refractivity (Wildman–Crippen MR) is 106 cm³/mol. The normalized spacial score (nSPS) is 10.2. The van der Waals surface area contributed by atoms with Gasteiger partial charge in [-0.15, -0.1) is 0 Å². The minimum Gasteiger partial charge on any atom is -0.322 e. The molecule has 3 aromatic rings. The van der Waals surface area contributed by atoms with E-state index < -0.39 is 0 Å². The number of nitrogens with zero attached hydrogens (tertiary/aromatic N) is 1. The van der Waals surface area contributed by atoms with Crippen LogP contribution in [0.2, 0.25) is 0 Å². The van der Waals surface area contributed by atoms with E-state index in [1.165, 1.54) is 16.0 Å². The molecule has 0 unspecified atom stereocenters. The molecule has 0 radical (unpaired) electrons. The third kappa shape index (κ3) is 4.33. The Labute approximate surface area is 157 Å². The van der Waals surface area contributed by atoms with Crippen molar-refractivity contribution in [1.29, 1.82) is 5.26 Å². The largest absolute Gasteiger partial charge is 0.322 e. The highest BCUT2D eigenvalue weighted by molar-refractivity contribution is 7.99. The van der Waals surface area contributed by atoms with Crippen molar-refractivity contribution in [2.75, 3.05) is 5.32 Å². The van der Waals surface area contributed by atoms with Gasteiger partial charge in [-0.1, -0.05) is 35.5 Å². The molecule has 1 amide bonds. The van der Waals surface area contributed by atoms with Crippen molar-refractivity contribution in [3.63, 3.8) is 0 Å². The SMILES string of the molecule is Cc1ccc(Sc2ccc(NC(=O)c3cccc(C#N)c3)cc2)c(C)c1. The molecule has 3 aromatic carbocycles. The first-order valence-electron chi connectivity index (χ1n) is 8.22. The zero-order valence-electron chi connectivity index (χ0n) is 14.6. The van der Waals surface area contributed by atoms with Gasteiger partial charge >= 0.3 is 0 Å². The van der Waals surface area contributed by atoms with Gasteiger partial charge in [0.15, 0.2) is 0 Å². The van der Waals surface area contributed by atoms with Gasteiger partial charge in [-0.25, -0.2) is 0 Å². The molecule has 0 aliphatic rings. The maximum absolute atomic E-state index is 12.3. The van der Waals surface area contributed by atoms with Gasteiger partial charge in [-0.3, -0.25) is 4.79 Å². The smallest absolute Gasteiger partial charge is 0.255 e. The molecule has 1 N–H and O–H groups in total. The Morgan fingerprint density at radius 3 is 2.46 bits per heavy atom. The summed E-state index contributed by atoms with van der Waals surface area (Å²) in [7, 11) is 0. The van der Waals surface area contributed by atoms with Crippen LogP contribution in [0.25, 0.3) is 0 Å². The molecule has 26 heavy (non-hydrogen) atoms. The summed E-state index contributed by atoms with van der Waals surface area (Å²) in [5.74, 6) is -0.225. The van der Waals surface area contributed by atoms with Crippen molar-refractivity contribution in [1.82, 2.24) is 0 Å². The molecule has 0 fully saturated rings. The number of nitriles is 1. The number of benzene rings is 3. The van der Waals surface area contributed by atoms with E-state index in [2.05, 4.69) is 37.4 Å². The van der Waals surface area contributed by atoms with Crippen LogP contribution in [0.5, 0.6) is 0 Å². The molecule has 3 nitrogen and oxygen atoms in total. The molecule has 0 atom stereocenters. The van der Waals surface area contributed by atoms with Crippen LogP contribution in [0.1, 0.15) is 27.0 Å². The fraction of sp³-hybridized carbons (Fsp3) is 0.0909. The third-order valence-electron chi connectivity index (χ3n) is 3.92. The molecule has 0 aromatic heterocycles. The van der Waals surface area contributed by atoms with E-state index in [0.717, 1.165) is 10.6 Å². The topological polar surface area (TPSA) is 52.9 Å². The predicted octanol–water partition coefficient (Wildman–Crippen LogP) is 5.58. The van der Waals surface area contributed by atoms with E-state index in [-0.39, 0.29) is 5.91 Å². The van der Waals surface area contributed by atoms with Crippen LogP contribution in [0.4, 0.5) is 5.69 Å². The lowest BCUT2D eigenvalue weighted by molar-refractivity contribution is 0.102. The van der Waals surface area contributed by atoms with Crippen LogP contribution in [0, 0.1) is 25.2 Å². The van der Waals surface area contributed by atoms with Gasteiger partial charge in [0.1, 0.15) is 0 Å². The third-order valence-corrected chi connectivity index (χ3v) is 5.11. The fourth-order valence-electron chi connectivity index (χ4n) is 2.58. The van der Waals surface area contributed by atoms with Gasteiger partial charge in [0.2, 0.25) is 0 Å². The summed E-state index contributed by atoms with van der Waals surface area (Å²) in [4.78, 5) is 14.6. The number of carbonyl (C=O) groups excluding carboxylic acids is 1. The molecular weight excluding hydrogens is 340 g/mol. The molecule has 4 heteroatoms. The average molecular weight is 358 g/mol. The molecular formula is C22H18N2OS. The highest BCUT2D eigenvalue weighted by Crippen LogP contribution is 2.31. The Balaban J connectivity index is 1.69. The van der Waals surface area contributed by atoms with Gasteiger partial charge in [0.25, 0.3) is 5.91 Å². The van der Waals surface area contributed by atoms with E-state index in [1.54, 1.807) is 36.0 Å². The van der Waals surface area contributed by atoms with Gasteiger partial charge in [-0.05, 0) is 67.9 Å². The Bertz CT molecular complexity index is 988. The number of amides is 1. The van der Waals surface area contributed by atoms with Crippen LogP contribution in [0.15, 0.2) is 76.5 Å². The van der Waals surface area contributed by atoms with Crippen LogP contribution >= 0.6 is 11.8 Å². The molecule has 0 saturated heterocycles. The summed E-state index contributed by atoms with van der Waals surface area (Å²) in [6.45, 7) is 4.20. The molecule has 128 valence electrons. The zero-order valence-corrected chi connectivity index (χ0v) is 15.4. The minimum atomic E-state index is -0.225. The molecule has 0 aliphatic heterocycles. The van der Waals surface area contributed by atoms with Crippen LogP contribution in [0.3, 0.4) is 0 Å². The lowest BCUT2D eigenvalue weighted by Crippen LogP contribution is -2.11. The van der Waals surface area contributed by atoms with E-state index in [9.17, 15) is 4.79 Å². The first-order chi connectivity index (χ1) is 12.5. The second-order valence-corrected chi connectivity index (χ2v) is 7.16. The second kappa shape index (κ2) is 7.90. The standard InChI is InChI=1S/C22H18N2OS/c1-15-6-11-21(16(2)12-15)26-20-9-7-19(8-10-20)24-22(25)18-5-3-4-17(13-18)14-23/h3-13H,1-2H3,(H,24,25). The summed E-state index contributed by atoms with van der Waals surface area (Å²) in [6.07, 6.45) is 0. The lowest BCUT2D eigenvalue weighted by Gasteiger charge is -2.09. The molecule has 0 aliphatic carbocycles. The van der Waals surface area contributed by atoms with E-state index in [4.69, 9.17) is 5.26 Å². The van der Waals surface area contributed by atoms with Crippen LogP contribution < -0.4 is 5.32 Å². The van der Waals surface area contributed by atoms with E-state index >= 15 is 0 Å². The van der Waals surface area contributed by atoms with Crippen molar-refractivity contribution in [2.45, 2.75) is 23.6 Å². The van der Waals surface area contributed by atoms with Crippen molar-refractivity contribution >= 4 is 23.4 Å². The summed E-state index contributed by atoms with van der Waals surface area (Å²) >= 11 is 1.70. The Morgan fingerprint density at radius 1 is 1.00 bits per heavy atom. The van der Waals surface area contributed by atoms with Gasteiger partial charge < -0.3 is 5.32 Å². The summed E-state index contributed by atoms with van der Waals surface area (Å²) in [6, 6.07) is 22.9. The van der Waals surface area contributed by atoms with E-state index in [0.29, 0.717) is 11.1 Å².